The molecule has 0 bridgehead atoms. The third-order valence-electron chi connectivity index (χ3n) is 9.70. The van der Waals surface area contributed by atoms with Crippen LogP contribution in [0, 0.1) is 11.8 Å². The van der Waals surface area contributed by atoms with Crippen molar-refractivity contribution in [3.8, 4) is 0 Å². The van der Waals surface area contributed by atoms with Crippen LogP contribution in [0.25, 0.3) is 11.4 Å². The highest BCUT2D eigenvalue weighted by molar-refractivity contribution is 5.94. The Morgan fingerprint density at radius 1 is 0.515 bits per heavy atom. The van der Waals surface area contributed by atoms with Gasteiger partial charge in [-0.25, -0.2) is 0 Å². The quantitative estimate of drug-likeness (QED) is 0.493. The van der Waals surface area contributed by atoms with Crippen LogP contribution in [-0.4, -0.2) is 28.6 Å². The number of rotatable bonds is 2. The molecule has 172 valence electrons. The predicted octanol–water partition coefficient (Wildman–Crippen LogP) is 7.10. The Balaban J connectivity index is 1.39. The van der Waals surface area contributed by atoms with Crippen LogP contribution >= 0.6 is 0 Å². The molecule has 2 atom stereocenters. The Hall–Kier alpha value is -2.22. The lowest BCUT2D eigenvalue weighted by Gasteiger charge is -2.45. The molecule has 0 aromatic heterocycles. The Morgan fingerprint density at radius 2 is 0.939 bits per heavy atom. The van der Waals surface area contributed by atoms with Crippen LogP contribution in [0.5, 0.6) is 0 Å². The molecule has 7 rings (SSSR count). The summed E-state index contributed by atoms with van der Waals surface area (Å²) in [4.78, 5) is 5.79. The molecule has 5 aliphatic rings. The van der Waals surface area contributed by atoms with Gasteiger partial charge in [-0.15, -0.1) is 0 Å². The lowest BCUT2D eigenvalue weighted by atomic mass is 9.77. The van der Waals surface area contributed by atoms with Gasteiger partial charge in [0.15, 0.2) is 0 Å². The second-order valence-electron chi connectivity index (χ2n) is 11.4. The summed E-state index contributed by atoms with van der Waals surface area (Å²) in [7, 11) is 0. The van der Waals surface area contributed by atoms with Crippen LogP contribution in [0.4, 0.5) is 0 Å². The standard InChI is InChI=1S/C31H38N2/c1-3-11-22(12-4-1)28-19-24-15-7-9-17-26(24)30-31-27-18-10-8-16-25(27)20-29(33(31)21-32(28)30)23-13-5-2-6-14-23/h7-10,15-18,22-23,28-29H,1-6,11-14,19-21H2/t28-,29-/m0/s1. The lowest BCUT2D eigenvalue weighted by molar-refractivity contribution is 0.0976. The van der Waals surface area contributed by atoms with Crippen molar-refractivity contribution in [3.63, 3.8) is 0 Å². The zero-order chi connectivity index (χ0) is 21.8. The number of fused-ring (bicyclic) bond motifs is 6. The third-order valence-corrected chi connectivity index (χ3v) is 9.70. The molecule has 2 nitrogen and oxygen atoms in total. The lowest BCUT2D eigenvalue weighted by Crippen LogP contribution is -2.49. The number of hydrogen-bond acceptors (Lipinski definition) is 2. The highest BCUT2D eigenvalue weighted by Gasteiger charge is 2.47. The molecule has 0 saturated heterocycles. The van der Waals surface area contributed by atoms with Crippen LogP contribution in [0.3, 0.4) is 0 Å². The Bertz CT molecular complexity index is 973. The largest absolute Gasteiger partial charge is 0.348 e. The van der Waals surface area contributed by atoms with Gasteiger partial charge in [-0.3, -0.25) is 0 Å². The minimum Gasteiger partial charge on any atom is -0.348 e. The maximum atomic E-state index is 2.89. The van der Waals surface area contributed by atoms with Crippen LogP contribution in [-0.2, 0) is 12.8 Å². The summed E-state index contributed by atoms with van der Waals surface area (Å²) in [6.45, 7) is 1.12. The molecule has 0 radical (unpaired) electrons. The van der Waals surface area contributed by atoms with Crippen molar-refractivity contribution in [2.75, 3.05) is 6.67 Å². The van der Waals surface area contributed by atoms with E-state index in [1.807, 2.05) is 0 Å². The fraction of sp³-hybridized carbons (Fsp3) is 0.548. The Labute approximate surface area is 199 Å². The zero-order valence-corrected chi connectivity index (χ0v) is 20.0. The van der Waals surface area contributed by atoms with Crippen LogP contribution in [0.1, 0.15) is 86.5 Å². The topological polar surface area (TPSA) is 6.48 Å². The highest BCUT2D eigenvalue weighted by atomic mass is 15.4. The summed E-state index contributed by atoms with van der Waals surface area (Å²) >= 11 is 0. The van der Waals surface area contributed by atoms with E-state index in [0.29, 0.717) is 12.1 Å². The molecule has 2 aromatic rings. The van der Waals surface area contributed by atoms with Crippen molar-refractivity contribution < 1.29 is 0 Å². The number of nitrogens with zero attached hydrogens (tertiary/aromatic N) is 2. The van der Waals surface area contributed by atoms with Gasteiger partial charge in [0.2, 0.25) is 0 Å². The normalized spacial score (nSPS) is 27.8. The molecule has 2 heteroatoms. The van der Waals surface area contributed by atoms with E-state index in [1.54, 1.807) is 22.5 Å². The van der Waals surface area contributed by atoms with E-state index in [1.165, 1.54) is 88.2 Å². The van der Waals surface area contributed by atoms with E-state index in [-0.39, 0.29) is 0 Å². The average molecular weight is 439 g/mol. The van der Waals surface area contributed by atoms with E-state index in [2.05, 4.69) is 58.3 Å². The molecular formula is C31H38N2. The van der Waals surface area contributed by atoms with Gasteiger partial charge in [0.1, 0.15) is 0 Å². The minimum absolute atomic E-state index is 0.674. The summed E-state index contributed by atoms with van der Waals surface area (Å²) in [6.07, 6.45) is 16.8. The van der Waals surface area contributed by atoms with Crippen molar-refractivity contribution in [2.24, 2.45) is 11.8 Å². The maximum absolute atomic E-state index is 2.89. The van der Waals surface area contributed by atoms with Gasteiger partial charge in [-0.2, -0.15) is 0 Å². The fourth-order valence-corrected chi connectivity index (χ4v) is 8.09. The predicted molar refractivity (Wildman–Crippen MR) is 136 cm³/mol. The smallest absolute Gasteiger partial charge is 0.0910 e. The molecule has 0 spiro atoms. The van der Waals surface area contributed by atoms with Crippen molar-refractivity contribution >= 4 is 11.4 Å². The van der Waals surface area contributed by atoms with Gasteiger partial charge < -0.3 is 9.80 Å². The van der Waals surface area contributed by atoms with Gasteiger partial charge in [0, 0.05) is 23.2 Å². The van der Waals surface area contributed by atoms with E-state index >= 15 is 0 Å². The van der Waals surface area contributed by atoms with Crippen molar-refractivity contribution in [3.05, 3.63) is 70.8 Å². The number of benzene rings is 2. The molecule has 0 unspecified atom stereocenters. The molecule has 3 aliphatic heterocycles. The van der Waals surface area contributed by atoms with E-state index in [0.717, 1.165) is 18.5 Å². The molecule has 0 amide bonds. The van der Waals surface area contributed by atoms with E-state index in [9.17, 15) is 0 Å². The summed E-state index contributed by atoms with van der Waals surface area (Å²) in [6, 6.07) is 20.1. The molecule has 2 fully saturated rings. The third kappa shape index (κ3) is 3.27. The Morgan fingerprint density at radius 3 is 1.39 bits per heavy atom. The van der Waals surface area contributed by atoms with Gasteiger partial charge in [-0.05, 0) is 61.5 Å². The highest BCUT2D eigenvalue weighted by Crippen LogP contribution is 2.51. The molecule has 0 N–H and O–H groups in total. The molecule has 33 heavy (non-hydrogen) atoms. The summed E-state index contributed by atoms with van der Waals surface area (Å²) in [5.41, 5.74) is 9.35. The number of hydrogen-bond donors (Lipinski definition) is 0. The Kier molecular flexibility index (Phi) is 5.03. The van der Waals surface area contributed by atoms with E-state index < -0.39 is 0 Å². The second kappa shape index (κ2) is 8.22. The zero-order valence-electron chi connectivity index (χ0n) is 20.0. The van der Waals surface area contributed by atoms with Gasteiger partial charge in [-0.1, -0.05) is 87.1 Å². The summed E-state index contributed by atoms with van der Waals surface area (Å²) < 4.78 is 0. The SMILES string of the molecule is c1ccc2c(c1)C[C@@H](C1CCCCC1)N1CN3C(=C21)c1ccccc1C[C@H]3C1CCCCC1. The molecular weight excluding hydrogens is 400 g/mol. The summed E-state index contributed by atoms with van der Waals surface area (Å²) in [5, 5.41) is 0. The molecule has 3 heterocycles. The van der Waals surface area contributed by atoms with Gasteiger partial charge >= 0.3 is 0 Å². The monoisotopic (exact) mass is 438 g/mol. The first-order valence-electron chi connectivity index (χ1n) is 13.8. The van der Waals surface area contributed by atoms with Crippen molar-refractivity contribution in [1.82, 2.24) is 9.80 Å². The average Bonchev–Trinajstić information content (AvgIpc) is 3.30. The van der Waals surface area contributed by atoms with Gasteiger partial charge in [0.05, 0.1) is 18.1 Å². The van der Waals surface area contributed by atoms with Crippen LogP contribution in [0.15, 0.2) is 48.5 Å². The molecule has 2 aromatic carbocycles. The molecule has 2 saturated carbocycles. The minimum atomic E-state index is 0.674. The second-order valence-corrected chi connectivity index (χ2v) is 11.4. The fourth-order valence-electron chi connectivity index (χ4n) is 8.09. The first kappa shape index (κ1) is 20.2. The first-order chi connectivity index (χ1) is 16.4. The first-order valence-corrected chi connectivity index (χ1v) is 13.8. The van der Waals surface area contributed by atoms with Crippen LogP contribution < -0.4 is 0 Å². The van der Waals surface area contributed by atoms with Gasteiger partial charge in [0.25, 0.3) is 0 Å². The van der Waals surface area contributed by atoms with Crippen LogP contribution in [0.2, 0.25) is 0 Å². The summed E-state index contributed by atoms with van der Waals surface area (Å²) in [5.74, 6) is 1.71. The van der Waals surface area contributed by atoms with Crippen molar-refractivity contribution in [2.45, 2.75) is 89.1 Å². The molecule has 2 aliphatic carbocycles. The van der Waals surface area contributed by atoms with E-state index in [4.69, 9.17) is 0 Å². The maximum Gasteiger partial charge on any atom is 0.0910 e. The van der Waals surface area contributed by atoms with Crippen molar-refractivity contribution in [1.29, 1.82) is 0 Å².